The molecule has 0 radical (unpaired) electrons. The number of aryl methyl sites for hydroxylation is 2. The monoisotopic (exact) mass is 634 g/mol. The predicted octanol–water partition coefficient (Wildman–Crippen LogP) is 4.65. The highest BCUT2D eigenvalue weighted by Gasteiger charge is 2.22. The van der Waals surface area contributed by atoms with E-state index < -0.39 is 23.1 Å². The largest absolute Gasteiger partial charge is 0.481 e. The number of methoxy groups -OCH3 is 1. The number of ether oxygens (including phenoxy) is 3. The predicted molar refractivity (Wildman–Crippen MR) is 172 cm³/mol. The smallest absolute Gasteiger partial charge is 0.360 e. The number of carbonyl (C=O) groups is 2. The van der Waals surface area contributed by atoms with E-state index in [1.54, 1.807) is 30.6 Å². The van der Waals surface area contributed by atoms with E-state index >= 15 is 0 Å². The number of carbonyl (C=O) groups excluding carboxylic acids is 1. The SMILES string of the molecule is COC(=O)c1nc2ccc(C)cn2c(=O)c1OCc1ccccc1.Cc1ccc2nc(C(=O)O)c(OCc3ccccc3)c(=O)n2c1. The number of pyridine rings is 2. The summed E-state index contributed by atoms with van der Waals surface area (Å²) in [5.41, 5.74) is 2.61. The van der Waals surface area contributed by atoms with Crippen molar-refractivity contribution in [2.45, 2.75) is 27.1 Å². The third-order valence-electron chi connectivity index (χ3n) is 6.89. The zero-order valence-corrected chi connectivity index (χ0v) is 25.7. The minimum atomic E-state index is -1.30. The third kappa shape index (κ3) is 7.34. The number of fused-ring (bicyclic) bond motifs is 2. The van der Waals surface area contributed by atoms with E-state index in [0.717, 1.165) is 22.3 Å². The number of rotatable bonds is 8. The molecule has 6 rings (SSSR count). The van der Waals surface area contributed by atoms with Gasteiger partial charge in [-0.25, -0.2) is 19.6 Å². The summed E-state index contributed by atoms with van der Waals surface area (Å²) in [5.74, 6) is -2.38. The molecule has 0 spiro atoms. The normalized spacial score (nSPS) is 10.6. The lowest BCUT2D eigenvalue weighted by atomic mass is 10.2. The Hall–Kier alpha value is -6.30. The van der Waals surface area contributed by atoms with E-state index in [-0.39, 0.29) is 41.7 Å². The van der Waals surface area contributed by atoms with Crippen molar-refractivity contribution in [2.75, 3.05) is 7.11 Å². The highest BCUT2D eigenvalue weighted by Crippen LogP contribution is 2.17. The highest BCUT2D eigenvalue weighted by atomic mass is 16.5. The molecule has 0 aliphatic carbocycles. The molecule has 0 fully saturated rings. The third-order valence-corrected chi connectivity index (χ3v) is 6.89. The molecular weight excluding hydrogens is 604 g/mol. The molecule has 4 aromatic heterocycles. The quantitative estimate of drug-likeness (QED) is 0.234. The molecule has 12 nitrogen and oxygen atoms in total. The zero-order chi connectivity index (χ0) is 33.5. The fraction of sp³-hybridized carbons (Fsp3) is 0.143. The number of esters is 1. The molecule has 4 heterocycles. The molecule has 0 aliphatic rings. The molecule has 2 aromatic carbocycles. The van der Waals surface area contributed by atoms with Crippen molar-refractivity contribution in [3.63, 3.8) is 0 Å². The Kier molecular flexibility index (Phi) is 9.70. The van der Waals surface area contributed by atoms with Crippen LogP contribution in [0.2, 0.25) is 0 Å². The molecule has 0 saturated heterocycles. The fourth-order valence-electron chi connectivity index (χ4n) is 4.56. The Morgan fingerprint density at radius 3 is 1.51 bits per heavy atom. The molecule has 1 N–H and O–H groups in total. The average molecular weight is 635 g/mol. The summed E-state index contributed by atoms with van der Waals surface area (Å²) < 4.78 is 18.5. The van der Waals surface area contributed by atoms with Crippen LogP contribution in [0.15, 0.2) is 107 Å². The molecule has 0 atom stereocenters. The van der Waals surface area contributed by atoms with Gasteiger partial charge >= 0.3 is 23.1 Å². The highest BCUT2D eigenvalue weighted by molar-refractivity contribution is 5.90. The Balaban J connectivity index is 0.000000185. The number of aromatic carboxylic acids is 1. The van der Waals surface area contributed by atoms with Crippen LogP contribution in [-0.2, 0) is 18.0 Å². The summed E-state index contributed by atoms with van der Waals surface area (Å²) in [5, 5.41) is 9.31. The number of aromatic nitrogens is 4. The van der Waals surface area contributed by atoms with Gasteiger partial charge in [0.1, 0.15) is 24.5 Å². The van der Waals surface area contributed by atoms with Crippen LogP contribution < -0.4 is 20.6 Å². The van der Waals surface area contributed by atoms with Crippen LogP contribution in [0.25, 0.3) is 11.3 Å². The van der Waals surface area contributed by atoms with Gasteiger partial charge in [-0.3, -0.25) is 18.4 Å². The van der Waals surface area contributed by atoms with Crippen molar-refractivity contribution < 1.29 is 28.9 Å². The van der Waals surface area contributed by atoms with Crippen molar-refractivity contribution >= 4 is 23.2 Å². The Bertz CT molecular complexity index is 2200. The van der Waals surface area contributed by atoms with E-state index in [0.29, 0.717) is 5.65 Å². The van der Waals surface area contributed by atoms with Crippen molar-refractivity contribution in [3.05, 3.63) is 152 Å². The first kappa shape index (κ1) is 32.1. The molecule has 0 amide bonds. The lowest BCUT2D eigenvalue weighted by Crippen LogP contribution is -2.23. The number of carboxylic acid groups (broad SMARTS) is 1. The number of benzene rings is 2. The van der Waals surface area contributed by atoms with Gasteiger partial charge in [0.25, 0.3) is 0 Å². The van der Waals surface area contributed by atoms with Gasteiger partial charge in [0, 0.05) is 12.4 Å². The van der Waals surface area contributed by atoms with Gasteiger partial charge < -0.3 is 19.3 Å². The summed E-state index contributed by atoms with van der Waals surface area (Å²) >= 11 is 0. The molecule has 47 heavy (non-hydrogen) atoms. The lowest BCUT2D eigenvalue weighted by Gasteiger charge is -2.11. The van der Waals surface area contributed by atoms with Gasteiger partial charge in [0.15, 0.2) is 11.4 Å². The van der Waals surface area contributed by atoms with Crippen LogP contribution in [0.4, 0.5) is 0 Å². The summed E-state index contributed by atoms with van der Waals surface area (Å²) in [6, 6.07) is 25.4. The fourth-order valence-corrected chi connectivity index (χ4v) is 4.56. The molecule has 0 aliphatic heterocycles. The summed E-state index contributed by atoms with van der Waals surface area (Å²) in [6.07, 6.45) is 3.26. The van der Waals surface area contributed by atoms with Crippen LogP contribution in [0, 0.1) is 13.8 Å². The number of hydrogen-bond acceptors (Lipinski definition) is 9. The van der Waals surface area contributed by atoms with E-state index in [9.17, 15) is 24.3 Å². The van der Waals surface area contributed by atoms with Crippen LogP contribution in [0.3, 0.4) is 0 Å². The first-order chi connectivity index (χ1) is 22.7. The van der Waals surface area contributed by atoms with Crippen molar-refractivity contribution in [2.24, 2.45) is 0 Å². The van der Waals surface area contributed by atoms with E-state index in [1.807, 2.05) is 80.6 Å². The second-order valence-corrected chi connectivity index (χ2v) is 10.4. The van der Waals surface area contributed by atoms with Crippen LogP contribution in [0.5, 0.6) is 11.5 Å². The topological polar surface area (TPSA) is 151 Å². The Morgan fingerprint density at radius 2 is 1.09 bits per heavy atom. The zero-order valence-electron chi connectivity index (χ0n) is 25.7. The van der Waals surface area contributed by atoms with Crippen LogP contribution >= 0.6 is 0 Å². The van der Waals surface area contributed by atoms with Gasteiger partial charge in [-0.2, -0.15) is 0 Å². The number of hydrogen-bond donors (Lipinski definition) is 1. The molecular formula is C35H30N4O8. The summed E-state index contributed by atoms with van der Waals surface area (Å²) in [7, 11) is 1.24. The van der Waals surface area contributed by atoms with Gasteiger partial charge in [-0.05, 0) is 48.2 Å². The maximum Gasteiger partial charge on any atom is 0.360 e. The lowest BCUT2D eigenvalue weighted by molar-refractivity contribution is 0.0587. The van der Waals surface area contributed by atoms with Gasteiger partial charge in [0.2, 0.25) is 11.5 Å². The van der Waals surface area contributed by atoms with Gasteiger partial charge in [0.05, 0.1) is 7.11 Å². The van der Waals surface area contributed by atoms with Crippen molar-refractivity contribution in [1.82, 2.24) is 18.8 Å². The first-order valence-corrected chi connectivity index (χ1v) is 14.4. The molecule has 6 aromatic rings. The van der Waals surface area contributed by atoms with Gasteiger partial charge in [-0.1, -0.05) is 72.8 Å². The van der Waals surface area contributed by atoms with Crippen LogP contribution in [-0.4, -0.2) is 42.9 Å². The Morgan fingerprint density at radius 1 is 0.660 bits per heavy atom. The summed E-state index contributed by atoms with van der Waals surface area (Å²) in [4.78, 5) is 56.9. The minimum Gasteiger partial charge on any atom is -0.481 e. The first-order valence-electron chi connectivity index (χ1n) is 14.4. The van der Waals surface area contributed by atoms with Crippen molar-refractivity contribution in [1.29, 1.82) is 0 Å². The van der Waals surface area contributed by atoms with E-state index in [1.165, 1.54) is 15.9 Å². The minimum absolute atomic E-state index is 0.0932. The van der Waals surface area contributed by atoms with Crippen molar-refractivity contribution in [3.8, 4) is 11.5 Å². The Labute approximate surface area is 268 Å². The molecule has 0 saturated carbocycles. The van der Waals surface area contributed by atoms with Gasteiger partial charge in [-0.15, -0.1) is 0 Å². The summed E-state index contributed by atoms with van der Waals surface area (Å²) in [6.45, 7) is 3.95. The van der Waals surface area contributed by atoms with E-state index in [4.69, 9.17) is 14.2 Å². The van der Waals surface area contributed by atoms with E-state index in [2.05, 4.69) is 9.97 Å². The number of carboxylic acids is 1. The second kappa shape index (κ2) is 14.2. The standard InChI is InChI=1S/C18H16N2O4.C17H14N2O4/c1-12-8-9-14-19-15(18(22)23-2)16(17(21)20(14)10-12)24-11-13-6-4-3-5-7-13;1-11-7-8-13-18-14(17(21)22)15(16(20)19(13)9-11)23-10-12-5-3-2-4-6-12/h3-10H,11H2,1-2H3;2-9H,10H2,1H3,(H,21,22). The molecule has 12 heteroatoms. The second-order valence-electron chi connectivity index (χ2n) is 10.4. The average Bonchev–Trinajstić information content (AvgIpc) is 3.08. The molecule has 0 unspecified atom stereocenters. The maximum absolute atomic E-state index is 12.7. The van der Waals surface area contributed by atoms with Crippen LogP contribution in [0.1, 0.15) is 43.2 Å². The maximum atomic E-state index is 12.7. The molecule has 0 bridgehead atoms. The molecule has 238 valence electrons. The number of nitrogens with zero attached hydrogens (tertiary/aromatic N) is 4.